The van der Waals surface area contributed by atoms with Gasteiger partial charge in [-0.05, 0) is 12.5 Å². The number of hydrogen-bond donors (Lipinski definition) is 1. The van der Waals surface area contributed by atoms with Crippen LogP contribution in [0.2, 0.25) is 0 Å². The fourth-order valence-electron chi connectivity index (χ4n) is 2.17. The summed E-state index contributed by atoms with van der Waals surface area (Å²) in [6.07, 6.45) is 18.5. The van der Waals surface area contributed by atoms with Crippen LogP contribution in [-0.2, 0) is 9.59 Å². The molecule has 3 heteroatoms. The van der Waals surface area contributed by atoms with Gasteiger partial charge < -0.3 is 5.11 Å². The molecule has 21 heavy (non-hydrogen) atoms. The minimum absolute atomic E-state index is 0.0737. The first-order valence-corrected chi connectivity index (χ1v) is 8.27. The summed E-state index contributed by atoms with van der Waals surface area (Å²) in [6.45, 7) is 2.24. The van der Waals surface area contributed by atoms with Gasteiger partial charge in [0.05, 0.1) is 0 Å². The summed E-state index contributed by atoms with van der Waals surface area (Å²) in [4.78, 5) is 21.7. The number of rotatable bonds is 14. The molecular weight excluding hydrogens is 264 g/mol. The van der Waals surface area contributed by atoms with Gasteiger partial charge in [-0.2, -0.15) is 0 Å². The molecule has 0 rings (SSSR count). The maximum atomic E-state index is 11.5. The van der Waals surface area contributed by atoms with Crippen LogP contribution >= 0.6 is 0 Å². The van der Waals surface area contributed by atoms with E-state index < -0.39 is 5.97 Å². The van der Waals surface area contributed by atoms with Gasteiger partial charge in [0.15, 0.2) is 5.78 Å². The number of carboxylic acid groups (broad SMARTS) is 1. The molecular formula is C18H30O3. The van der Waals surface area contributed by atoms with Crippen molar-refractivity contribution in [1.82, 2.24) is 0 Å². The van der Waals surface area contributed by atoms with Crippen LogP contribution in [0.3, 0.4) is 0 Å². The summed E-state index contributed by atoms with van der Waals surface area (Å²) < 4.78 is 0. The van der Waals surface area contributed by atoms with E-state index in [0.717, 1.165) is 18.9 Å². The molecule has 0 radical (unpaired) electrons. The van der Waals surface area contributed by atoms with E-state index in [9.17, 15) is 9.59 Å². The maximum absolute atomic E-state index is 11.5. The number of hydrogen-bond acceptors (Lipinski definition) is 2. The third-order valence-corrected chi connectivity index (χ3v) is 3.41. The number of carbonyl (C=O) groups is 2. The molecule has 0 saturated carbocycles. The third-order valence-electron chi connectivity index (χ3n) is 3.41. The van der Waals surface area contributed by atoms with E-state index in [1.807, 2.05) is 0 Å². The fraction of sp³-hybridized carbons (Fsp3) is 0.667. The van der Waals surface area contributed by atoms with Gasteiger partial charge >= 0.3 is 5.97 Å². The second-order valence-electron chi connectivity index (χ2n) is 5.45. The smallest absolute Gasteiger partial charge is 0.328 e. The Hall–Kier alpha value is -1.38. The highest BCUT2D eigenvalue weighted by molar-refractivity contribution is 5.90. The molecule has 0 aliphatic heterocycles. The molecule has 1 N–H and O–H groups in total. The fourth-order valence-corrected chi connectivity index (χ4v) is 2.17. The molecule has 0 unspecified atom stereocenters. The van der Waals surface area contributed by atoms with Gasteiger partial charge in [-0.25, -0.2) is 4.79 Å². The molecule has 0 aromatic heterocycles. The number of ketones is 1. The Morgan fingerprint density at radius 2 is 1.24 bits per heavy atom. The average molecular weight is 294 g/mol. The molecule has 0 fully saturated rings. The highest BCUT2D eigenvalue weighted by atomic mass is 16.4. The minimum atomic E-state index is -0.998. The highest BCUT2D eigenvalue weighted by Crippen LogP contribution is 2.11. The van der Waals surface area contributed by atoms with Crippen molar-refractivity contribution in [2.24, 2.45) is 0 Å². The predicted molar refractivity (Wildman–Crippen MR) is 87.4 cm³/mol. The standard InChI is InChI=1S/C18H30O3/c1-2-3-4-5-6-7-8-9-10-11-14-17(19)15-12-13-16-18(20)21/h12-13,15-16H,2-11,14H2,1H3,(H,20,21). The van der Waals surface area contributed by atoms with Gasteiger partial charge in [0, 0.05) is 12.5 Å². The van der Waals surface area contributed by atoms with E-state index in [2.05, 4.69) is 6.92 Å². The van der Waals surface area contributed by atoms with Gasteiger partial charge in [-0.3, -0.25) is 4.79 Å². The van der Waals surface area contributed by atoms with Gasteiger partial charge in [-0.15, -0.1) is 0 Å². The monoisotopic (exact) mass is 294 g/mol. The number of unbranched alkanes of at least 4 members (excludes halogenated alkanes) is 9. The molecule has 120 valence electrons. The molecule has 0 atom stereocenters. The van der Waals surface area contributed by atoms with Gasteiger partial charge in [0.25, 0.3) is 0 Å². The van der Waals surface area contributed by atoms with E-state index in [-0.39, 0.29) is 5.78 Å². The average Bonchev–Trinajstić information content (AvgIpc) is 2.45. The molecule has 0 aliphatic carbocycles. The lowest BCUT2D eigenvalue weighted by atomic mass is 10.0. The molecule has 0 aromatic rings. The molecule has 0 amide bonds. The van der Waals surface area contributed by atoms with Crippen molar-refractivity contribution in [3.63, 3.8) is 0 Å². The molecule has 0 heterocycles. The Morgan fingerprint density at radius 3 is 1.76 bits per heavy atom. The zero-order chi connectivity index (χ0) is 15.8. The maximum Gasteiger partial charge on any atom is 0.328 e. The first-order valence-electron chi connectivity index (χ1n) is 8.27. The molecule has 3 nitrogen and oxygen atoms in total. The summed E-state index contributed by atoms with van der Waals surface area (Å²) >= 11 is 0. The van der Waals surface area contributed by atoms with Crippen molar-refractivity contribution in [2.75, 3.05) is 0 Å². The van der Waals surface area contributed by atoms with E-state index in [0.29, 0.717) is 6.42 Å². The normalized spacial score (nSPS) is 11.5. The molecule has 0 aromatic carbocycles. The van der Waals surface area contributed by atoms with Crippen molar-refractivity contribution in [1.29, 1.82) is 0 Å². The summed E-state index contributed by atoms with van der Waals surface area (Å²) in [6, 6.07) is 0. The number of carbonyl (C=O) groups excluding carboxylic acids is 1. The molecule has 0 bridgehead atoms. The highest BCUT2D eigenvalue weighted by Gasteiger charge is 1.97. The molecule has 0 aliphatic rings. The zero-order valence-corrected chi connectivity index (χ0v) is 13.4. The van der Waals surface area contributed by atoms with Crippen molar-refractivity contribution < 1.29 is 14.7 Å². The number of aliphatic carboxylic acids is 1. The molecule has 0 spiro atoms. The van der Waals surface area contributed by atoms with Crippen LogP contribution in [0.1, 0.15) is 77.6 Å². The number of carboxylic acids is 1. The van der Waals surface area contributed by atoms with Crippen LogP contribution in [0.4, 0.5) is 0 Å². The minimum Gasteiger partial charge on any atom is -0.478 e. The second-order valence-corrected chi connectivity index (χ2v) is 5.45. The Labute approximate surface area is 129 Å². The van der Waals surface area contributed by atoms with Crippen molar-refractivity contribution in [3.05, 3.63) is 24.3 Å². The quantitative estimate of drug-likeness (QED) is 0.277. The van der Waals surface area contributed by atoms with Gasteiger partial charge in [-0.1, -0.05) is 76.9 Å². The largest absolute Gasteiger partial charge is 0.478 e. The van der Waals surface area contributed by atoms with Crippen molar-refractivity contribution in [3.8, 4) is 0 Å². The SMILES string of the molecule is CCCCCCCCCCCCC(=O)C=CC=CC(=O)O. The predicted octanol–water partition coefficient (Wildman–Crippen LogP) is 5.06. The van der Waals surface area contributed by atoms with Crippen molar-refractivity contribution >= 4 is 11.8 Å². The summed E-state index contributed by atoms with van der Waals surface area (Å²) in [7, 11) is 0. The van der Waals surface area contributed by atoms with Crippen LogP contribution < -0.4 is 0 Å². The topological polar surface area (TPSA) is 54.4 Å². The first-order chi connectivity index (χ1) is 10.2. The van der Waals surface area contributed by atoms with E-state index in [4.69, 9.17) is 5.11 Å². The van der Waals surface area contributed by atoms with E-state index in [1.54, 1.807) is 0 Å². The Morgan fingerprint density at radius 1 is 0.762 bits per heavy atom. The van der Waals surface area contributed by atoms with Crippen LogP contribution in [0.15, 0.2) is 24.3 Å². The van der Waals surface area contributed by atoms with E-state index in [1.165, 1.54) is 69.6 Å². The molecule has 0 saturated heterocycles. The Bertz CT molecular complexity index is 329. The lowest BCUT2D eigenvalue weighted by Crippen LogP contribution is -1.92. The Kier molecular flexibility index (Phi) is 14.0. The van der Waals surface area contributed by atoms with Crippen LogP contribution in [0.25, 0.3) is 0 Å². The van der Waals surface area contributed by atoms with Crippen LogP contribution in [0, 0.1) is 0 Å². The zero-order valence-electron chi connectivity index (χ0n) is 13.4. The van der Waals surface area contributed by atoms with Crippen LogP contribution in [0.5, 0.6) is 0 Å². The van der Waals surface area contributed by atoms with Gasteiger partial charge in [0.1, 0.15) is 0 Å². The van der Waals surface area contributed by atoms with E-state index >= 15 is 0 Å². The van der Waals surface area contributed by atoms with Crippen LogP contribution in [-0.4, -0.2) is 16.9 Å². The summed E-state index contributed by atoms with van der Waals surface area (Å²) in [5, 5.41) is 8.38. The van der Waals surface area contributed by atoms with Gasteiger partial charge in [0.2, 0.25) is 0 Å². The lowest BCUT2D eigenvalue weighted by Gasteiger charge is -2.01. The first kappa shape index (κ1) is 19.6. The Balaban J connectivity index is 3.34. The van der Waals surface area contributed by atoms with Crippen molar-refractivity contribution in [2.45, 2.75) is 77.6 Å². The summed E-state index contributed by atoms with van der Waals surface area (Å²) in [5.41, 5.74) is 0. The third kappa shape index (κ3) is 16.6. The number of allylic oxidation sites excluding steroid dienone is 3. The lowest BCUT2D eigenvalue weighted by molar-refractivity contribution is -0.131. The summed E-state index contributed by atoms with van der Waals surface area (Å²) in [5.74, 6) is -0.925. The second kappa shape index (κ2) is 15.0.